The van der Waals surface area contributed by atoms with Gasteiger partial charge in [-0.2, -0.15) is 0 Å². The number of nitrogens with zero attached hydrogens (tertiary/aromatic N) is 2. The van der Waals surface area contributed by atoms with Crippen molar-refractivity contribution >= 4 is 40.0 Å². The van der Waals surface area contributed by atoms with Crippen LogP contribution in [0.1, 0.15) is 30.1 Å². The molecule has 0 bridgehead atoms. The number of benzene rings is 2. The first-order valence-electron chi connectivity index (χ1n) is 9.60. The van der Waals surface area contributed by atoms with Gasteiger partial charge in [-0.15, -0.1) is 0 Å². The minimum atomic E-state index is -0.392. The van der Waals surface area contributed by atoms with Crippen molar-refractivity contribution in [2.45, 2.75) is 42.8 Å². The van der Waals surface area contributed by atoms with Crippen molar-refractivity contribution in [1.29, 1.82) is 0 Å². The number of carbonyl (C=O) groups excluding carboxylic acids is 1. The number of rotatable bonds is 6. The summed E-state index contributed by atoms with van der Waals surface area (Å²) in [6, 6.07) is 14.2. The molecule has 3 aromatic rings. The van der Waals surface area contributed by atoms with E-state index in [-0.39, 0.29) is 17.4 Å². The van der Waals surface area contributed by atoms with Crippen molar-refractivity contribution in [2.24, 2.45) is 0 Å². The summed E-state index contributed by atoms with van der Waals surface area (Å²) >= 11 is 7.40. The minimum absolute atomic E-state index is 0.000272. The minimum Gasteiger partial charge on any atom is -0.376 e. The molecule has 0 N–H and O–H groups in total. The molecule has 0 aliphatic carbocycles. The number of hydrogen-bond donors (Lipinski definition) is 0. The lowest BCUT2D eigenvalue weighted by Gasteiger charge is -2.18. The molecule has 1 aliphatic heterocycles. The van der Waals surface area contributed by atoms with Gasteiger partial charge in [0.25, 0.3) is 5.56 Å². The van der Waals surface area contributed by atoms with Gasteiger partial charge in [-0.05, 0) is 38.0 Å². The first-order valence-corrected chi connectivity index (χ1v) is 10.9. The molecule has 0 spiro atoms. The Balaban J connectivity index is 1.72. The van der Waals surface area contributed by atoms with Crippen LogP contribution in [0, 0.1) is 0 Å². The number of halogens is 1. The van der Waals surface area contributed by atoms with Gasteiger partial charge in [-0.1, -0.05) is 53.7 Å². The fourth-order valence-electron chi connectivity index (χ4n) is 3.47. The quantitative estimate of drug-likeness (QED) is 0.326. The maximum atomic E-state index is 13.2. The summed E-state index contributed by atoms with van der Waals surface area (Å²) in [4.78, 5) is 30.7. The Kier molecular flexibility index (Phi) is 6.04. The van der Waals surface area contributed by atoms with Gasteiger partial charge in [0.1, 0.15) is 0 Å². The lowest BCUT2D eigenvalue weighted by atomic mass is 10.1. The van der Waals surface area contributed by atoms with E-state index in [0.717, 1.165) is 12.8 Å². The third-order valence-corrected chi connectivity index (χ3v) is 6.33. The summed E-state index contributed by atoms with van der Waals surface area (Å²) in [5.41, 5.74) is 1.04. The molecule has 29 heavy (non-hydrogen) atoms. The first-order chi connectivity index (χ1) is 14.0. The van der Waals surface area contributed by atoms with Crippen LogP contribution in [-0.2, 0) is 11.3 Å². The van der Waals surface area contributed by atoms with Crippen molar-refractivity contribution in [3.63, 3.8) is 0 Å². The third-order valence-electron chi connectivity index (χ3n) is 5.00. The Morgan fingerprint density at radius 2 is 2.10 bits per heavy atom. The Morgan fingerprint density at radius 3 is 2.83 bits per heavy atom. The van der Waals surface area contributed by atoms with Crippen LogP contribution in [0.2, 0.25) is 5.02 Å². The van der Waals surface area contributed by atoms with Gasteiger partial charge >= 0.3 is 0 Å². The van der Waals surface area contributed by atoms with Gasteiger partial charge in [0.15, 0.2) is 10.9 Å². The number of aromatic nitrogens is 2. The van der Waals surface area contributed by atoms with Gasteiger partial charge in [-0.3, -0.25) is 14.2 Å². The molecule has 0 amide bonds. The maximum Gasteiger partial charge on any atom is 0.262 e. The van der Waals surface area contributed by atoms with E-state index in [1.165, 1.54) is 11.8 Å². The number of ether oxygens (including phenoxy) is 1. The molecule has 7 heteroatoms. The van der Waals surface area contributed by atoms with Crippen LogP contribution >= 0.6 is 23.4 Å². The van der Waals surface area contributed by atoms with Crippen LogP contribution in [0.3, 0.4) is 0 Å². The Hall–Kier alpha value is -2.15. The summed E-state index contributed by atoms with van der Waals surface area (Å²) in [5.74, 6) is -0.000272. The Morgan fingerprint density at radius 1 is 1.31 bits per heavy atom. The average molecular weight is 429 g/mol. The fraction of sp³-hybridized carbons (Fsp3) is 0.318. The Labute approximate surface area is 178 Å². The second kappa shape index (κ2) is 8.69. The molecule has 150 valence electrons. The highest BCUT2D eigenvalue weighted by molar-refractivity contribution is 8.00. The molecular weight excluding hydrogens is 408 g/mol. The lowest BCUT2D eigenvalue weighted by Crippen LogP contribution is -2.29. The average Bonchev–Trinajstić information content (AvgIpc) is 3.24. The summed E-state index contributed by atoms with van der Waals surface area (Å²) < 4.78 is 7.38. The summed E-state index contributed by atoms with van der Waals surface area (Å²) in [6.07, 6.45) is 1.88. The van der Waals surface area contributed by atoms with Crippen molar-refractivity contribution in [3.05, 3.63) is 69.5 Å². The van der Waals surface area contributed by atoms with Crippen LogP contribution < -0.4 is 5.56 Å². The van der Waals surface area contributed by atoms with Crippen molar-refractivity contribution in [3.8, 4) is 0 Å². The van der Waals surface area contributed by atoms with Crippen LogP contribution in [-0.4, -0.2) is 33.3 Å². The zero-order valence-corrected chi connectivity index (χ0v) is 17.6. The number of ketones is 1. The predicted octanol–water partition coefficient (Wildman–Crippen LogP) is 4.59. The van der Waals surface area contributed by atoms with E-state index in [1.54, 1.807) is 34.9 Å². The van der Waals surface area contributed by atoms with E-state index in [0.29, 0.717) is 39.8 Å². The highest BCUT2D eigenvalue weighted by atomic mass is 35.5. The number of thioether (sulfide) groups is 1. The van der Waals surface area contributed by atoms with Crippen molar-refractivity contribution in [1.82, 2.24) is 9.55 Å². The third kappa shape index (κ3) is 4.39. The second-order valence-corrected chi connectivity index (χ2v) is 8.84. The molecule has 1 aromatic heterocycles. The molecule has 2 unspecified atom stereocenters. The van der Waals surface area contributed by atoms with Gasteiger partial charge in [0, 0.05) is 17.2 Å². The zero-order chi connectivity index (χ0) is 20.4. The van der Waals surface area contributed by atoms with Crippen molar-refractivity contribution < 1.29 is 9.53 Å². The Bertz CT molecular complexity index is 1090. The molecule has 1 aliphatic rings. The molecular formula is C22H21ClN2O3S. The van der Waals surface area contributed by atoms with E-state index in [4.69, 9.17) is 16.3 Å². The number of hydrogen-bond acceptors (Lipinski definition) is 5. The molecule has 0 saturated carbocycles. The van der Waals surface area contributed by atoms with Gasteiger partial charge < -0.3 is 4.74 Å². The SMILES string of the molecule is CC(Sc1nc2cc(Cl)ccc2c(=O)n1CC1CCCO1)C(=O)c1ccccc1. The maximum absolute atomic E-state index is 13.2. The summed E-state index contributed by atoms with van der Waals surface area (Å²) in [7, 11) is 0. The van der Waals surface area contributed by atoms with Crippen LogP contribution in [0.25, 0.3) is 10.9 Å². The van der Waals surface area contributed by atoms with Gasteiger partial charge in [0.05, 0.1) is 28.8 Å². The lowest BCUT2D eigenvalue weighted by molar-refractivity contribution is 0.0937. The van der Waals surface area contributed by atoms with Gasteiger partial charge in [0.2, 0.25) is 0 Å². The van der Waals surface area contributed by atoms with E-state index in [2.05, 4.69) is 4.98 Å². The molecule has 2 atom stereocenters. The molecule has 1 saturated heterocycles. The molecule has 2 aromatic carbocycles. The van der Waals surface area contributed by atoms with Gasteiger partial charge in [-0.25, -0.2) is 4.98 Å². The topological polar surface area (TPSA) is 61.2 Å². The zero-order valence-electron chi connectivity index (χ0n) is 16.0. The monoisotopic (exact) mass is 428 g/mol. The highest BCUT2D eigenvalue weighted by Crippen LogP contribution is 2.27. The predicted molar refractivity (Wildman–Crippen MR) is 116 cm³/mol. The van der Waals surface area contributed by atoms with E-state index < -0.39 is 5.25 Å². The summed E-state index contributed by atoms with van der Waals surface area (Å²) in [5, 5.41) is 1.15. The summed E-state index contributed by atoms with van der Waals surface area (Å²) in [6.45, 7) is 2.98. The van der Waals surface area contributed by atoms with E-state index in [1.807, 2.05) is 25.1 Å². The normalized spacial score (nSPS) is 17.5. The molecule has 2 heterocycles. The van der Waals surface area contributed by atoms with E-state index in [9.17, 15) is 9.59 Å². The standard InChI is InChI=1S/C22H21ClN2O3S/c1-14(20(26)15-6-3-2-4-7-15)29-22-24-19-12-16(23)9-10-18(19)21(27)25(22)13-17-8-5-11-28-17/h2-4,6-7,9-10,12,14,17H,5,8,11,13H2,1H3. The second-order valence-electron chi connectivity index (χ2n) is 7.10. The number of carbonyl (C=O) groups is 1. The molecule has 0 radical (unpaired) electrons. The smallest absolute Gasteiger partial charge is 0.262 e. The first kappa shape index (κ1) is 20.1. The van der Waals surface area contributed by atoms with Crippen LogP contribution in [0.5, 0.6) is 0 Å². The van der Waals surface area contributed by atoms with Crippen LogP contribution in [0.15, 0.2) is 58.5 Å². The number of Topliss-reactive ketones (excluding diaryl/α,β-unsaturated/α-hetero) is 1. The molecule has 1 fully saturated rings. The van der Waals surface area contributed by atoms with Crippen LogP contribution in [0.4, 0.5) is 0 Å². The fourth-order valence-corrected chi connectivity index (χ4v) is 4.63. The van der Waals surface area contributed by atoms with Crippen molar-refractivity contribution in [2.75, 3.05) is 6.61 Å². The number of fused-ring (bicyclic) bond motifs is 1. The molecule has 4 rings (SSSR count). The van der Waals surface area contributed by atoms with E-state index >= 15 is 0 Å². The molecule has 5 nitrogen and oxygen atoms in total. The highest BCUT2D eigenvalue weighted by Gasteiger charge is 2.23. The largest absolute Gasteiger partial charge is 0.376 e.